The monoisotopic (exact) mass is 260 g/mol. The zero-order valence-corrected chi connectivity index (χ0v) is 11.3. The molecule has 0 aliphatic heterocycles. The molecule has 0 radical (unpaired) electrons. The second-order valence-corrected chi connectivity index (χ2v) is 4.94. The van der Waals surface area contributed by atoms with Gasteiger partial charge in [0.2, 0.25) is 0 Å². The van der Waals surface area contributed by atoms with Gasteiger partial charge in [-0.1, -0.05) is 66.7 Å². The highest BCUT2D eigenvalue weighted by molar-refractivity contribution is 5.97. The first-order valence-corrected chi connectivity index (χ1v) is 6.89. The molecule has 3 aromatic rings. The third-order valence-electron chi connectivity index (χ3n) is 3.56. The Kier molecular flexibility index (Phi) is 3.60. The van der Waals surface area contributed by atoms with Crippen molar-refractivity contribution in [2.24, 2.45) is 0 Å². The first-order chi connectivity index (χ1) is 9.88. The Balaban J connectivity index is 2.20. The predicted octanol–water partition coefficient (Wildman–Crippen LogP) is 4.64. The number of rotatable bonds is 4. The van der Waals surface area contributed by atoms with Crippen molar-refractivity contribution in [2.45, 2.75) is 12.8 Å². The molecule has 0 heterocycles. The Hall–Kier alpha value is -2.41. The molecule has 0 aliphatic carbocycles. The van der Waals surface area contributed by atoms with Crippen LogP contribution in [0.5, 0.6) is 0 Å². The van der Waals surface area contributed by atoms with Gasteiger partial charge in [0.1, 0.15) is 6.29 Å². The normalized spacial score (nSPS) is 10.6. The van der Waals surface area contributed by atoms with Gasteiger partial charge in [0.25, 0.3) is 0 Å². The van der Waals surface area contributed by atoms with E-state index in [2.05, 4.69) is 60.7 Å². The Morgan fingerprint density at radius 3 is 2.40 bits per heavy atom. The maximum absolute atomic E-state index is 10.6. The van der Waals surface area contributed by atoms with E-state index in [1.165, 1.54) is 27.5 Å². The number of aldehydes is 1. The van der Waals surface area contributed by atoms with Crippen LogP contribution in [-0.4, -0.2) is 6.29 Å². The average molecular weight is 260 g/mol. The Labute approximate surface area is 118 Å². The molecule has 0 amide bonds. The van der Waals surface area contributed by atoms with Crippen LogP contribution >= 0.6 is 0 Å². The van der Waals surface area contributed by atoms with Crippen molar-refractivity contribution in [3.8, 4) is 11.1 Å². The number of fused-ring (bicyclic) bond motifs is 1. The first kappa shape index (κ1) is 12.6. The third-order valence-corrected chi connectivity index (χ3v) is 3.56. The summed E-state index contributed by atoms with van der Waals surface area (Å²) in [7, 11) is 0. The molecular weight excluding hydrogens is 244 g/mol. The second-order valence-electron chi connectivity index (χ2n) is 4.94. The topological polar surface area (TPSA) is 17.1 Å². The third kappa shape index (κ3) is 2.48. The summed E-state index contributed by atoms with van der Waals surface area (Å²) in [4.78, 5) is 10.6. The van der Waals surface area contributed by atoms with Crippen LogP contribution in [0.4, 0.5) is 0 Å². The fourth-order valence-electron chi connectivity index (χ4n) is 2.60. The molecule has 0 aliphatic rings. The first-order valence-electron chi connectivity index (χ1n) is 6.89. The largest absolute Gasteiger partial charge is 0.303 e. The van der Waals surface area contributed by atoms with E-state index in [9.17, 15) is 4.79 Å². The SMILES string of the molecule is O=CCCc1cc(-c2ccccc2)c2ccccc2c1. The minimum Gasteiger partial charge on any atom is -0.303 e. The van der Waals surface area contributed by atoms with Crippen LogP contribution < -0.4 is 0 Å². The molecular formula is C19H16O. The van der Waals surface area contributed by atoms with Gasteiger partial charge in [-0.25, -0.2) is 0 Å². The molecule has 0 unspecified atom stereocenters. The minimum atomic E-state index is 0.576. The number of carbonyl (C=O) groups excluding carboxylic acids is 1. The maximum atomic E-state index is 10.6. The summed E-state index contributed by atoms with van der Waals surface area (Å²) in [6.07, 6.45) is 2.36. The second kappa shape index (κ2) is 5.70. The standard InChI is InChI=1S/C19H16O/c20-12-6-7-15-13-17-10-4-5-11-18(17)19(14-15)16-8-2-1-3-9-16/h1-5,8-14H,6-7H2. The Morgan fingerprint density at radius 1 is 0.850 bits per heavy atom. The van der Waals surface area contributed by atoms with E-state index in [1.54, 1.807) is 0 Å². The van der Waals surface area contributed by atoms with E-state index in [-0.39, 0.29) is 0 Å². The van der Waals surface area contributed by atoms with Gasteiger partial charge in [0, 0.05) is 6.42 Å². The van der Waals surface area contributed by atoms with Crippen LogP contribution in [-0.2, 0) is 11.2 Å². The van der Waals surface area contributed by atoms with Gasteiger partial charge in [-0.05, 0) is 33.9 Å². The highest BCUT2D eigenvalue weighted by Gasteiger charge is 2.06. The number of carbonyl (C=O) groups is 1. The van der Waals surface area contributed by atoms with Crippen molar-refractivity contribution in [1.29, 1.82) is 0 Å². The van der Waals surface area contributed by atoms with Crippen LogP contribution in [0.1, 0.15) is 12.0 Å². The molecule has 3 rings (SSSR count). The van der Waals surface area contributed by atoms with Crippen LogP contribution in [0.15, 0.2) is 66.7 Å². The summed E-state index contributed by atoms with van der Waals surface area (Å²) >= 11 is 0. The van der Waals surface area contributed by atoms with E-state index in [1.807, 2.05) is 6.07 Å². The van der Waals surface area contributed by atoms with Crippen LogP contribution in [0.25, 0.3) is 21.9 Å². The molecule has 0 atom stereocenters. The lowest BCUT2D eigenvalue weighted by molar-refractivity contribution is -0.107. The number of hydrogen-bond acceptors (Lipinski definition) is 1. The number of aryl methyl sites for hydroxylation is 1. The van der Waals surface area contributed by atoms with Crippen molar-refractivity contribution in [2.75, 3.05) is 0 Å². The molecule has 0 bridgehead atoms. The maximum Gasteiger partial charge on any atom is 0.120 e. The molecule has 1 heteroatoms. The summed E-state index contributed by atoms with van der Waals surface area (Å²) < 4.78 is 0. The lowest BCUT2D eigenvalue weighted by Gasteiger charge is -2.10. The van der Waals surface area contributed by atoms with Gasteiger partial charge in [-0.2, -0.15) is 0 Å². The lowest BCUT2D eigenvalue weighted by atomic mass is 9.94. The quantitative estimate of drug-likeness (QED) is 0.625. The molecule has 20 heavy (non-hydrogen) atoms. The van der Waals surface area contributed by atoms with E-state index >= 15 is 0 Å². The van der Waals surface area contributed by atoms with Gasteiger partial charge in [0.15, 0.2) is 0 Å². The molecule has 0 aromatic heterocycles. The minimum absolute atomic E-state index is 0.576. The average Bonchev–Trinajstić information content (AvgIpc) is 2.53. The zero-order valence-electron chi connectivity index (χ0n) is 11.3. The number of hydrogen-bond donors (Lipinski definition) is 0. The van der Waals surface area contributed by atoms with Gasteiger partial charge in [-0.15, -0.1) is 0 Å². The van der Waals surface area contributed by atoms with Crippen molar-refractivity contribution >= 4 is 17.1 Å². The molecule has 0 N–H and O–H groups in total. The summed E-state index contributed by atoms with van der Waals surface area (Å²) in [6, 6.07) is 23.2. The fourth-order valence-corrected chi connectivity index (χ4v) is 2.60. The van der Waals surface area contributed by atoms with E-state index in [4.69, 9.17) is 0 Å². The van der Waals surface area contributed by atoms with Gasteiger partial charge in [-0.3, -0.25) is 0 Å². The molecule has 0 saturated carbocycles. The molecule has 0 fully saturated rings. The lowest BCUT2D eigenvalue weighted by Crippen LogP contribution is -1.89. The van der Waals surface area contributed by atoms with E-state index in [0.29, 0.717) is 6.42 Å². The molecule has 0 spiro atoms. The summed E-state index contributed by atoms with van der Waals surface area (Å²) in [6.45, 7) is 0. The van der Waals surface area contributed by atoms with Crippen LogP contribution in [0.2, 0.25) is 0 Å². The molecule has 3 aromatic carbocycles. The smallest absolute Gasteiger partial charge is 0.120 e. The number of benzene rings is 3. The van der Waals surface area contributed by atoms with Gasteiger partial charge < -0.3 is 4.79 Å². The fraction of sp³-hybridized carbons (Fsp3) is 0.105. The summed E-state index contributed by atoms with van der Waals surface area (Å²) in [5.74, 6) is 0. The zero-order chi connectivity index (χ0) is 13.8. The van der Waals surface area contributed by atoms with Crippen LogP contribution in [0, 0.1) is 0 Å². The van der Waals surface area contributed by atoms with Gasteiger partial charge >= 0.3 is 0 Å². The molecule has 0 saturated heterocycles. The highest BCUT2D eigenvalue weighted by atomic mass is 16.1. The van der Waals surface area contributed by atoms with Gasteiger partial charge in [0.05, 0.1) is 0 Å². The van der Waals surface area contributed by atoms with E-state index in [0.717, 1.165) is 12.7 Å². The predicted molar refractivity (Wildman–Crippen MR) is 83.8 cm³/mol. The van der Waals surface area contributed by atoms with Crippen molar-refractivity contribution in [1.82, 2.24) is 0 Å². The van der Waals surface area contributed by atoms with Crippen molar-refractivity contribution < 1.29 is 4.79 Å². The van der Waals surface area contributed by atoms with Crippen LogP contribution in [0.3, 0.4) is 0 Å². The molecule has 1 nitrogen and oxygen atoms in total. The van der Waals surface area contributed by atoms with Crippen molar-refractivity contribution in [3.63, 3.8) is 0 Å². The summed E-state index contributed by atoms with van der Waals surface area (Å²) in [5.41, 5.74) is 3.68. The Bertz CT molecular complexity index is 729. The molecule has 98 valence electrons. The van der Waals surface area contributed by atoms with Crippen molar-refractivity contribution in [3.05, 3.63) is 72.3 Å². The van der Waals surface area contributed by atoms with E-state index < -0.39 is 0 Å². The highest BCUT2D eigenvalue weighted by Crippen LogP contribution is 2.30. The summed E-state index contributed by atoms with van der Waals surface area (Å²) in [5, 5.41) is 2.49. The Morgan fingerprint density at radius 2 is 1.60 bits per heavy atom.